The van der Waals surface area contributed by atoms with Crippen molar-refractivity contribution in [1.82, 2.24) is 0 Å². The highest BCUT2D eigenvalue weighted by Gasteiger charge is 2.30. The number of nitrogens with one attached hydrogen (secondary N) is 1. The molecule has 3 rings (SSSR count). The Morgan fingerprint density at radius 2 is 2.05 bits per heavy atom. The Morgan fingerprint density at radius 1 is 1.29 bits per heavy atom. The Morgan fingerprint density at radius 3 is 2.71 bits per heavy atom. The lowest BCUT2D eigenvalue weighted by molar-refractivity contribution is -0.384. The summed E-state index contributed by atoms with van der Waals surface area (Å²) in [4.78, 5) is 12.5. The summed E-state index contributed by atoms with van der Waals surface area (Å²) in [7, 11) is 1.46. The van der Waals surface area contributed by atoms with Crippen molar-refractivity contribution in [2.24, 2.45) is 0 Å². The van der Waals surface area contributed by atoms with Gasteiger partial charge in [-0.05, 0) is 17.7 Å². The molecule has 0 radical (unpaired) electrons. The molecule has 0 bridgehead atoms. The Hall–Kier alpha value is -2.89. The van der Waals surface area contributed by atoms with Gasteiger partial charge in [0.25, 0.3) is 5.69 Å². The Labute approximate surface area is 121 Å². The van der Waals surface area contributed by atoms with Crippen molar-refractivity contribution in [3.63, 3.8) is 0 Å². The molecule has 2 aromatic carbocycles. The summed E-state index contributed by atoms with van der Waals surface area (Å²) >= 11 is 0. The van der Waals surface area contributed by atoms with Gasteiger partial charge in [0.1, 0.15) is 17.3 Å². The molecule has 1 aliphatic heterocycles. The number of hydrogen-bond acceptors (Lipinski definition) is 4. The molecule has 2 aromatic rings. The number of benzene rings is 2. The number of fused-ring (bicyclic) bond motifs is 1. The van der Waals surface area contributed by atoms with Crippen LogP contribution >= 0.6 is 0 Å². The van der Waals surface area contributed by atoms with Gasteiger partial charge in [-0.25, -0.2) is 0 Å². The van der Waals surface area contributed by atoms with Crippen LogP contribution in [0.2, 0.25) is 0 Å². The van der Waals surface area contributed by atoms with Gasteiger partial charge in [-0.1, -0.05) is 24.3 Å². The monoisotopic (exact) mass is 283 g/mol. The lowest BCUT2D eigenvalue weighted by atomic mass is 10.1. The zero-order valence-electron chi connectivity index (χ0n) is 11.4. The lowest BCUT2D eigenvalue weighted by Gasteiger charge is -2.18. The van der Waals surface area contributed by atoms with E-state index in [0.717, 1.165) is 11.1 Å². The molecule has 6 nitrogen and oxygen atoms in total. The molecule has 0 fully saturated rings. The van der Waals surface area contributed by atoms with Gasteiger partial charge in [-0.3, -0.25) is 15.5 Å². The third kappa shape index (κ3) is 2.10. The predicted molar refractivity (Wildman–Crippen MR) is 79.1 cm³/mol. The largest absolute Gasteiger partial charge is 0.496 e. The maximum atomic E-state index is 11.3. The van der Waals surface area contributed by atoms with E-state index >= 15 is 0 Å². The molecule has 21 heavy (non-hydrogen) atoms. The number of ether oxygens (including phenoxy) is 1. The van der Waals surface area contributed by atoms with E-state index in [0.29, 0.717) is 18.0 Å². The fraction of sp³-hybridized carbons (Fsp3) is 0.133. The summed E-state index contributed by atoms with van der Waals surface area (Å²) < 4.78 is 5.03. The van der Waals surface area contributed by atoms with Crippen LogP contribution in [0.1, 0.15) is 11.1 Å². The van der Waals surface area contributed by atoms with Crippen LogP contribution in [0.4, 0.5) is 11.4 Å². The maximum Gasteiger partial charge on any atom is 0.296 e. The second-order valence-corrected chi connectivity index (χ2v) is 4.70. The second kappa shape index (κ2) is 4.90. The van der Waals surface area contributed by atoms with Crippen molar-refractivity contribution in [3.05, 3.63) is 63.7 Å². The van der Waals surface area contributed by atoms with E-state index in [1.807, 2.05) is 24.3 Å². The highest BCUT2D eigenvalue weighted by Crippen LogP contribution is 2.36. The molecule has 0 saturated carbocycles. The van der Waals surface area contributed by atoms with Gasteiger partial charge in [0.15, 0.2) is 0 Å². The van der Waals surface area contributed by atoms with Crippen molar-refractivity contribution in [2.75, 3.05) is 12.0 Å². The number of nitro groups is 1. The predicted octanol–water partition coefficient (Wildman–Crippen LogP) is 2.95. The van der Waals surface area contributed by atoms with Crippen molar-refractivity contribution in [3.8, 4) is 5.75 Å². The standard InChI is InChI=1S/C15H13N3O3/c1-21-11-6-7-13(14(8-11)18(19)20)17-9-10-4-2-3-5-12(10)15(17)16/h2-8,16H,9H2,1H3. The third-order valence-corrected chi connectivity index (χ3v) is 3.54. The fourth-order valence-corrected chi connectivity index (χ4v) is 2.49. The summed E-state index contributed by atoms with van der Waals surface area (Å²) in [6, 6.07) is 12.2. The van der Waals surface area contributed by atoms with E-state index in [1.165, 1.54) is 13.2 Å². The van der Waals surface area contributed by atoms with Crippen LogP contribution < -0.4 is 9.64 Å². The van der Waals surface area contributed by atoms with Crippen molar-refractivity contribution in [1.29, 1.82) is 5.41 Å². The van der Waals surface area contributed by atoms with Crippen LogP contribution in [-0.2, 0) is 6.54 Å². The second-order valence-electron chi connectivity index (χ2n) is 4.70. The molecule has 0 unspecified atom stereocenters. The van der Waals surface area contributed by atoms with Crippen LogP contribution in [-0.4, -0.2) is 17.9 Å². The van der Waals surface area contributed by atoms with Crippen LogP contribution in [0.3, 0.4) is 0 Å². The molecule has 1 heterocycles. The molecule has 6 heteroatoms. The third-order valence-electron chi connectivity index (χ3n) is 3.54. The molecule has 0 aliphatic carbocycles. The minimum absolute atomic E-state index is 0.0630. The lowest BCUT2D eigenvalue weighted by Crippen LogP contribution is -2.24. The van der Waals surface area contributed by atoms with Gasteiger partial charge in [0.05, 0.1) is 24.6 Å². The van der Waals surface area contributed by atoms with Crippen LogP contribution in [0.25, 0.3) is 0 Å². The first-order chi connectivity index (χ1) is 10.1. The van der Waals surface area contributed by atoms with Crippen molar-refractivity contribution < 1.29 is 9.66 Å². The first kappa shape index (κ1) is 13.1. The first-order valence-electron chi connectivity index (χ1n) is 6.38. The van der Waals surface area contributed by atoms with Gasteiger partial charge in [0.2, 0.25) is 0 Å². The number of anilines is 1. The minimum atomic E-state index is -0.450. The van der Waals surface area contributed by atoms with Crippen LogP contribution in [0.15, 0.2) is 42.5 Å². The number of methoxy groups -OCH3 is 1. The zero-order chi connectivity index (χ0) is 15.0. The van der Waals surface area contributed by atoms with E-state index < -0.39 is 4.92 Å². The van der Waals surface area contributed by atoms with Crippen LogP contribution in [0, 0.1) is 15.5 Å². The Bertz CT molecular complexity index is 743. The fourth-order valence-electron chi connectivity index (χ4n) is 2.49. The van der Waals surface area contributed by atoms with E-state index in [4.69, 9.17) is 10.1 Å². The molecule has 0 aromatic heterocycles. The number of nitro benzene ring substituents is 1. The Balaban J connectivity index is 2.07. The van der Waals surface area contributed by atoms with Gasteiger partial charge in [-0.15, -0.1) is 0 Å². The molecule has 0 amide bonds. The quantitative estimate of drug-likeness (QED) is 0.693. The maximum absolute atomic E-state index is 11.3. The van der Waals surface area contributed by atoms with Crippen molar-refractivity contribution >= 4 is 17.2 Å². The van der Waals surface area contributed by atoms with E-state index in [-0.39, 0.29) is 11.5 Å². The first-order valence-corrected chi connectivity index (χ1v) is 6.38. The summed E-state index contributed by atoms with van der Waals surface area (Å²) in [6.07, 6.45) is 0. The molecular weight excluding hydrogens is 270 g/mol. The summed E-state index contributed by atoms with van der Waals surface area (Å²) in [5.41, 5.74) is 2.14. The molecule has 106 valence electrons. The number of hydrogen-bond donors (Lipinski definition) is 1. The number of nitrogens with zero attached hydrogens (tertiary/aromatic N) is 2. The zero-order valence-corrected chi connectivity index (χ0v) is 11.4. The smallest absolute Gasteiger partial charge is 0.296 e. The van der Waals surface area contributed by atoms with E-state index in [2.05, 4.69) is 0 Å². The molecular formula is C15H13N3O3. The minimum Gasteiger partial charge on any atom is -0.496 e. The average molecular weight is 283 g/mol. The summed E-state index contributed by atoms with van der Waals surface area (Å²) in [6.45, 7) is 0.460. The normalized spacial score (nSPS) is 13.2. The SMILES string of the molecule is COc1ccc(N2Cc3ccccc3C2=N)c([N+](=O)[O-])c1. The van der Waals surface area contributed by atoms with Crippen molar-refractivity contribution in [2.45, 2.75) is 6.54 Å². The number of rotatable bonds is 3. The molecule has 0 spiro atoms. The van der Waals surface area contributed by atoms with E-state index in [9.17, 15) is 10.1 Å². The van der Waals surface area contributed by atoms with Gasteiger partial charge >= 0.3 is 0 Å². The van der Waals surface area contributed by atoms with Gasteiger partial charge in [0, 0.05) is 5.56 Å². The highest BCUT2D eigenvalue weighted by molar-refractivity contribution is 6.12. The van der Waals surface area contributed by atoms with E-state index in [1.54, 1.807) is 17.0 Å². The molecule has 1 N–H and O–H groups in total. The summed E-state index contributed by atoms with van der Waals surface area (Å²) in [5, 5.41) is 19.5. The number of amidine groups is 1. The average Bonchev–Trinajstić information content (AvgIpc) is 2.84. The highest BCUT2D eigenvalue weighted by atomic mass is 16.6. The molecule has 0 saturated heterocycles. The van der Waals surface area contributed by atoms with Crippen LogP contribution in [0.5, 0.6) is 5.75 Å². The summed E-state index contributed by atoms with van der Waals surface area (Å²) in [5.74, 6) is 0.701. The van der Waals surface area contributed by atoms with Gasteiger partial charge in [-0.2, -0.15) is 0 Å². The van der Waals surface area contributed by atoms with Gasteiger partial charge < -0.3 is 9.64 Å². The molecule has 1 aliphatic rings. The Kier molecular flexibility index (Phi) is 3.06. The topological polar surface area (TPSA) is 79.5 Å². The molecule has 0 atom stereocenters.